The molecular formula is C22H16N2O6. The summed E-state index contributed by atoms with van der Waals surface area (Å²) in [5, 5.41) is 22.5. The lowest BCUT2D eigenvalue weighted by atomic mass is 9.98. The van der Waals surface area contributed by atoms with Gasteiger partial charge in [0.15, 0.2) is 0 Å². The Kier molecular flexibility index (Phi) is 4.89. The monoisotopic (exact) mass is 404 g/mol. The number of nitro benzene ring substituents is 1. The average molecular weight is 404 g/mol. The number of hydrogen-bond donors (Lipinski definition) is 2. The van der Waals surface area contributed by atoms with Gasteiger partial charge in [-0.25, -0.2) is 9.59 Å². The highest BCUT2D eigenvalue weighted by molar-refractivity contribution is 5.94. The summed E-state index contributed by atoms with van der Waals surface area (Å²) in [7, 11) is 0. The second kappa shape index (κ2) is 7.67. The van der Waals surface area contributed by atoms with Crippen molar-refractivity contribution in [1.29, 1.82) is 0 Å². The molecule has 0 aliphatic heterocycles. The molecule has 30 heavy (non-hydrogen) atoms. The Labute approximate surface area is 170 Å². The fourth-order valence-corrected chi connectivity index (χ4v) is 3.69. The van der Waals surface area contributed by atoms with Gasteiger partial charge in [0.2, 0.25) is 0 Å². The van der Waals surface area contributed by atoms with Crippen molar-refractivity contribution in [2.75, 3.05) is 11.9 Å². The maximum Gasteiger partial charge on any atom is 0.411 e. The smallest absolute Gasteiger partial charge is 0.411 e. The van der Waals surface area contributed by atoms with Gasteiger partial charge in [0, 0.05) is 12.0 Å². The maximum absolute atomic E-state index is 12.3. The van der Waals surface area contributed by atoms with E-state index in [9.17, 15) is 19.7 Å². The van der Waals surface area contributed by atoms with Gasteiger partial charge < -0.3 is 9.84 Å². The lowest BCUT2D eigenvalue weighted by molar-refractivity contribution is -0.385. The number of amides is 1. The molecule has 3 aromatic rings. The van der Waals surface area contributed by atoms with Crippen molar-refractivity contribution in [2.24, 2.45) is 0 Å². The predicted octanol–water partition coefficient (Wildman–Crippen LogP) is 4.65. The van der Waals surface area contributed by atoms with Gasteiger partial charge in [0.05, 0.1) is 10.6 Å². The van der Waals surface area contributed by atoms with Crippen molar-refractivity contribution < 1.29 is 24.4 Å². The summed E-state index contributed by atoms with van der Waals surface area (Å²) in [4.78, 5) is 33.7. The number of benzene rings is 3. The Morgan fingerprint density at radius 3 is 2.17 bits per heavy atom. The summed E-state index contributed by atoms with van der Waals surface area (Å²) < 4.78 is 5.39. The Morgan fingerprint density at radius 1 is 1.00 bits per heavy atom. The Morgan fingerprint density at radius 2 is 1.60 bits per heavy atom. The van der Waals surface area contributed by atoms with Crippen molar-refractivity contribution in [3.8, 4) is 11.1 Å². The van der Waals surface area contributed by atoms with Crippen LogP contribution in [0.3, 0.4) is 0 Å². The van der Waals surface area contributed by atoms with Crippen molar-refractivity contribution in [3.05, 3.63) is 93.5 Å². The molecule has 8 nitrogen and oxygen atoms in total. The SMILES string of the molecule is O=C(Nc1ccc(C(=O)O)c([N+](=O)[O-])c1)OCC1c2ccccc2-c2ccccc21. The normalized spacial score (nSPS) is 12.0. The molecule has 0 unspecified atom stereocenters. The van der Waals surface area contributed by atoms with Crippen LogP contribution in [0.25, 0.3) is 11.1 Å². The number of carboxylic acids is 1. The largest absolute Gasteiger partial charge is 0.477 e. The molecule has 0 heterocycles. The second-order valence-corrected chi connectivity index (χ2v) is 6.74. The highest BCUT2D eigenvalue weighted by Gasteiger charge is 2.29. The maximum atomic E-state index is 12.3. The summed E-state index contributed by atoms with van der Waals surface area (Å²) in [6.45, 7) is 0.0924. The number of nitrogens with one attached hydrogen (secondary N) is 1. The number of rotatable bonds is 5. The van der Waals surface area contributed by atoms with E-state index in [4.69, 9.17) is 9.84 Å². The van der Waals surface area contributed by atoms with E-state index in [-0.39, 0.29) is 18.2 Å². The molecule has 0 saturated heterocycles. The number of aromatic carboxylic acids is 1. The van der Waals surface area contributed by atoms with Crippen LogP contribution in [0.4, 0.5) is 16.2 Å². The van der Waals surface area contributed by atoms with Gasteiger partial charge in [-0.3, -0.25) is 15.4 Å². The number of fused-ring (bicyclic) bond motifs is 3. The third-order valence-electron chi connectivity index (χ3n) is 5.01. The zero-order chi connectivity index (χ0) is 21.3. The Bertz CT molecular complexity index is 1130. The standard InChI is InChI=1S/C22H16N2O6/c25-21(26)18-10-9-13(11-20(18)24(28)29)23-22(27)30-12-19-16-7-3-1-5-14(16)15-6-2-4-8-17(15)19/h1-11,19H,12H2,(H,23,27)(H,25,26). The summed E-state index contributed by atoms with van der Waals surface area (Å²) in [5.41, 5.74) is 3.32. The molecule has 150 valence electrons. The number of carbonyl (C=O) groups excluding carboxylic acids is 1. The molecule has 2 N–H and O–H groups in total. The second-order valence-electron chi connectivity index (χ2n) is 6.74. The first kappa shape index (κ1) is 19.1. The molecule has 1 aliphatic carbocycles. The van der Waals surface area contributed by atoms with E-state index >= 15 is 0 Å². The highest BCUT2D eigenvalue weighted by Crippen LogP contribution is 2.44. The molecule has 0 aromatic heterocycles. The van der Waals surface area contributed by atoms with E-state index in [0.29, 0.717) is 0 Å². The zero-order valence-corrected chi connectivity index (χ0v) is 15.6. The molecule has 0 bridgehead atoms. The lowest BCUT2D eigenvalue weighted by Crippen LogP contribution is -2.18. The number of hydrogen-bond acceptors (Lipinski definition) is 5. The van der Waals surface area contributed by atoms with Gasteiger partial charge in [-0.2, -0.15) is 0 Å². The fourth-order valence-electron chi connectivity index (χ4n) is 3.69. The molecule has 0 saturated carbocycles. The van der Waals surface area contributed by atoms with E-state index in [2.05, 4.69) is 5.32 Å². The van der Waals surface area contributed by atoms with Gasteiger partial charge in [-0.05, 0) is 34.4 Å². The van der Waals surface area contributed by atoms with Crippen LogP contribution in [-0.2, 0) is 4.74 Å². The van der Waals surface area contributed by atoms with Crippen molar-refractivity contribution in [1.82, 2.24) is 0 Å². The molecule has 4 rings (SSSR count). The number of nitro groups is 1. The zero-order valence-electron chi connectivity index (χ0n) is 15.6. The quantitative estimate of drug-likeness (QED) is 0.472. The van der Waals surface area contributed by atoms with Crippen LogP contribution < -0.4 is 5.32 Å². The number of anilines is 1. The van der Waals surface area contributed by atoms with Crippen LogP contribution in [0.2, 0.25) is 0 Å². The Balaban J connectivity index is 1.49. The van der Waals surface area contributed by atoms with Crippen molar-refractivity contribution in [2.45, 2.75) is 5.92 Å². The van der Waals surface area contributed by atoms with Crippen LogP contribution in [0.1, 0.15) is 27.4 Å². The minimum Gasteiger partial charge on any atom is -0.477 e. The first-order valence-corrected chi connectivity index (χ1v) is 9.09. The molecule has 8 heteroatoms. The molecular weight excluding hydrogens is 388 g/mol. The van der Waals surface area contributed by atoms with Gasteiger partial charge in [0.25, 0.3) is 5.69 Å². The van der Waals surface area contributed by atoms with Crippen LogP contribution in [0, 0.1) is 10.1 Å². The molecule has 0 radical (unpaired) electrons. The molecule has 1 amide bonds. The average Bonchev–Trinajstić information content (AvgIpc) is 3.06. The van der Waals surface area contributed by atoms with Crippen LogP contribution >= 0.6 is 0 Å². The summed E-state index contributed by atoms with van der Waals surface area (Å²) >= 11 is 0. The number of nitrogens with zero attached hydrogens (tertiary/aromatic N) is 1. The summed E-state index contributed by atoms with van der Waals surface area (Å²) in [6, 6.07) is 19.2. The fraction of sp³-hybridized carbons (Fsp3) is 0.0909. The summed E-state index contributed by atoms with van der Waals surface area (Å²) in [5.74, 6) is -1.54. The van der Waals surface area contributed by atoms with Gasteiger partial charge >= 0.3 is 12.1 Å². The molecule has 0 fully saturated rings. The molecule has 0 spiro atoms. The van der Waals surface area contributed by atoms with Gasteiger partial charge in [-0.1, -0.05) is 48.5 Å². The minimum absolute atomic E-state index is 0.0731. The Hall–Kier alpha value is -4.20. The van der Waals surface area contributed by atoms with Crippen molar-refractivity contribution in [3.63, 3.8) is 0 Å². The van der Waals surface area contributed by atoms with E-state index < -0.39 is 28.2 Å². The third-order valence-corrected chi connectivity index (χ3v) is 5.01. The van der Waals surface area contributed by atoms with E-state index in [1.807, 2.05) is 48.5 Å². The minimum atomic E-state index is -1.42. The van der Waals surface area contributed by atoms with E-state index in [0.717, 1.165) is 34.4 Å². The predicted molar refractivity (Wildman–Crippen MR) is 109 cm³/mol. The lowest BCUT2D eigenvalue weighted by Gasteiger charge is -2.14. The van der Waals surface area contributed by atoms with Crippen LogP contribution in [0.15, 0.2) is 66.7 Å². The van der Waals surface area contributed by atoms with E-state index in [1.54, 1.807) is 0 Å². The van der Waals surface area contributed by atoms with Gasteiger partial charge in [0.1, 0.15) is 12.2 Å². The first-order valence-electron chi connectivity index (χ1n) is 9.09. The first-order chi connectivity index (χ1) is 14.5. The highest BCUT2D eigenvalue weighted by atomic mass is 16.6. The van der Waals surface area contributed by atoms with Crippen molar-refractivity contribution >= 4 is 23.4 Å². The number of carboxylic acid groups (broad SMARTS) is 1. The summed E-state index contributed by atoms with van der Waals surface area (Å²) in [6.07, 6.45) is -0.783. The van der Waals surface area contributed by atoms with E-state index in [1.165, 1.54) is 6.07 Å². The topological polar surface area (TPSA) is 119 Å². The number of carbonyl (C=O) groups is 2. The third kappa shape index (κ3) is 3.46. The number of ether oxygens (including phenoxy) is 1. The van der Waals surface area contributed by atoms with Crippen LogP contribution in [-0.4, -0.2) is 28.7 Å². The molecule has 0 atom stereocenters. The molecule has 3 aromatic carbocycles. The van der Waals surface area contributed by atoms with Crippen LogP contribution in [0.5, 0.6) is 0 Å². The van der Waals surface area contributed by atoms with Gasteiger partial charge in [-0.15, -0.1) is 0 Å². The molecule has 1 aliphatic rings.